The Kier molecular flexibility index (Phi) is 3.20. The Morgan fingerprint density at radius 3 is 2.75 bits per heavy atom. The normalized spacial score (nSPS) is 9.75. The quantitative estimate of drug-likeness (QED) is 0.837. The second kappa shape index (κ2) is 3.98. The minimum atomic E-state index is 0. The van der Waals surface area contributed by atoms with Crippen LogP contribution in [0.15, 0.2) is 24.3 Å². The molecule has 12 heavy (non-hydrogen) atoms. The maximum absolute atomic E-state index is 5.46. The van der Waals surface area contributed by atoms with Crippen molar-refractivity contribution >= 4 is 38.5 Å². The summed E-state index contributed by atoms with van der Waals surface area (Å²) in [5.74, 6) is 0. The Morgan fingerprint density at radius 2 is 2.08 bits per heavy atom. The molecule has 2 N–H and O–H groups in total. The van der Waals surface area contributed by atoms with E-state index in [9.17, 15) is 0 Å². The summed E-state index contributed by atoms with van der Waals surface area (Å²) < 4.78 is 1.22. The van der Waals surface area contributed by atoms with Crippen LogP contribution in [0.5, 0.6) is 0 Å². The van der Waals surface area contributed by atoms with E-state index in [4.69, 9.17) is 5.73 Å². The van der Waals surface area contributed by atoms with Crippen LogP contribution in [0.25, 0.3) is 10.2 Å². The molecular formula is C8H9BrN2S. The zero-order valence-corrected chi connectivity index (χ0v) is 8.89. The minimum absolute atomic E-state index is 0. The van der Waals surface area contributed by atoms with Gasteiger partial charge in [0.2, 0.25) is 0 Å². The van der Waals surface area contributed by atoms with Crippen LogP contribution in [0.4, 0.5) is 0 Å². The van der Waals surface area contributed by atoms with Crippen LogP contribution < -0.4 is 5.73 Å². The van der Waals surface area contributed by atoms with Gasteiger partial charge in [-0.3, -0.25) is 0 Å². The second-order valence-electron chi connectivity index (χ2n) is 2.28. The topological polar surface area (TPSA) is 38.9 Å². The number of rotatable bonds is 1. The molecule has 0 saturated heterocycles. The highest BCUT2D eigenvalue weighted by Gasteiger charge is 1.98. The lowest BCUT2D eigenvalue weighted by Gasteiger charge is -1.80. The van der Waals surface area contributed by atoms with Crippen molar-refractivity contribution in [2.75, 3.05) is 0 Å². The summed E-state index contributed by atoms with van der Waals surface area (Å²) in [6.45, 7) is 0.541. The molecule has 0 bridgehead atoms. The first-order chi connectivity index (χ1) is 5.40. The van der Waals surface area contributed by atoms with Crippen molar-refractivity contribution in [3.05, 3.63) is 29.3 Å². The summed E-state index contributed by atoms with van der Waals surface area (Å²) >= 11 is 1.66. The summed E-state index contributed by atoms with van der Waals surface area (Å²) in [5.41, 5.74) is 6.52. The average molecular weight is 245 g/mol. The van der Waals surface area contributed by atoms with Gasteiger partial charge in [-0.2, -0.15) is 0 Å². The summed E-state index contributed by atoms with van der Waals surface area (Å²) in [5, 5.41) is 1.01. The minimum Gasteiger partial charge on any atom is -0.325 e. The van der Waals surface area contributed by atoms with Gasteiger partial charge >= 0.3 is 0 Å². The molecule has 0 aliphatic heterocycles. The van der Waals surface area contributed by atoms with E-state index < -0.39 is 0 Å². The molecule has 64 valence electrons. The average Bonchev–Trinajstić information content (AvgIpc) is 2.46. The van der Waals surface area contributed by atoms with Gasteiger partial charge in [-0.15, -0.1) is 28.3 Å². The van der Waals surface area contributed by atoms with Gasteiger partial charge in [-0.05, 0) is 12.1 Å². The number of nitrogens with zero attached hydrogens (tertiary/aromatic N) is 1. The molecule has 0 fully saturated rings. The SMILES string of the molecule is Br.NCc1nc2ccccc2s1. The fourth-order valence-corrected chi connectivity index (χ4v) is 1.85. The van der Waals surface area contributed by atoms with E-state index in [1.165, 1.54) is 4.70 Å². The second-order valence-corrected chi connectivity index (χ2v) is 3.39. The van der Waals surface area contributed by atoms with Crippen LogP contribution >= 0.6 is 28.3 Å². The molecule has 0 radical (unpaired) electrons. The fraction of sp³-hybridized carbons (Fsp3) is 0.125. The molecule has 0 aliphatic rings. The molecule has 1 aromatic carbocycles. The Labute approximate surface area is 85.2 Å². The van der Waals surface area contributed by atoms with Crippen LogP contribution in [-0.2, 0) is 6.54 Å². The largest absolute Gasteiger partial charge is 0.325 e. The first kappa shape index (κ1) is 9.64. The molecule has 2 nitrogen and oxygen atoms in total. The third kappa shape index (κ3) is 1.65. The molecule has 1 heterocycles. The van der Waals surface area contributed by atoms with E-state index in [2.05, 4.69) is 11.1 Å². The van der Waals surface area contributed by atoms with Crippen LogP contribution in [0.3, 0.4) is 0 Å². The van der Waals surface area contributed by atoms with Crippen LogP contribution in [-0.4, -0.2) is 4.98 Å². The van der Waals surface area contributed by atoms with Crippen LogP contribution in [0.1, 0.15) is 5.01 Å². The Morgan fingerprint density at radius 1 is 1.33 bits per heavy atom. The first-order valence-electron chi connectivity index (χ1n) is 3.44. The van der Waals surface area contributed by atoms with E-state index >= 15 is 0 Å². The maximum Gasteiger partial charge on any atom is 0.107 e. The number of nitrogens with two attached hydrogens (primary N) is 1. The van der Waals surface area contributed by atoms with Gasteiger partial charge in [-0.25, -0.2) is 4.98 Å². The predicted molar refractivity (Wildman–Crippen MR) is 57.8 cm³/mol. The number of hydrogen-bond donors (Lipinski definition) is 1. The van der Waals surface area contributed by atoms with E-state index in [-0.39, 0.29) is 17.0 Å². The lowest BCUT2D eigenvalue weighted by Crippen LogP contribution is -1.93. The van der Waals surface area contributed by atoms with Crippen molar-refractivity contribution in [2.45, 2.75) is 6.54 Å². The predicted octanol–water partition coefficient (Wildman–Crippen LogP) is 2.33. The molecule has 4 heteroatoms. The summed E-state index contributed by atoms with van der Waals surface area (Å²) in [6.07, 6.45) is 0. The van der Waals surface area contributed by atoms with Crippen molar-refractivity contribution < 1.29 is 0 Å². The van der Waals surface area contributed by atoms with Gasteiger partial charge < -0.3 is 5.73 Å². The molecule has 0 aliphatic carbocycles. The lowest BCUT2D eigenvalue weighted by atomic mass is 10.3. The number of benzene rings is 1. The number of para-hydroxylation sites is 1. The van der Waals surface area contributed by atoms with Crippen LogP contribution in [0, 0.1) is 0 Å². The summed E-state index contributed by atoms with van der Waals surface area (Å²) in [7, 11) is 0. The number of hydrogen-bond acceptors (Lipinski definition) is 3. The third-order valence-corrected chi connectivity index (χ3v) is 2.57. The number of thiazole rings is 1. The van der Waals surface area contributed by atoms with E-state index in [0.29, 0.717) is 6.54 Å². The molecule has 0 amide bonds. The van der Waals surface area contributed by atoms with E-state index in [0.717, 1.165) is 10.5 Å². The zero-order valence-electron chi connectivity index (χ0n) is 6.36. The smallest absolute Gasteiger partial charge is 0.107 e. The molecular weight excluding hydrogens is 236 g/mol. The molecule has 1 aromatic heterocycles. The highest BCUT2D eigenvalue weighted by molar-refractivity contribution is 8.93. The number of halogens is 1. The van der Waals surface area contributed by atoms with Gasteiger partial charge in [0.25, 0.3) is 0 Å². The molecule has 0 spiro atoms. The number of aromatic nitrogens is 1. The Bertz CT molecular complexity index is 339. The van der Waals surface area contributed by atoms with Crippen LogP contribution in [0.2, 0.25) is 0 Å². The number of fused-ring (bicyclic) bond motifs is 1. The molecule has 2 rings (SSSR count). The lowest BCUT2D eigenvalue weighted by molar-refractivity contribution is 1.05. The third-order valence-electron chi connectivity index (χ3n) is 1.51. The fourth-order valence-electron chi connectivity index (χ4n) is 1.01. The standard InChI is InChI=1S/C8H8N2S.BrH/c9-5-8-10-6-3-1-2-4-7(6)11-8;/h1-4H,5,9H2;1H. The maximum atomic E-state index is 5.46. The Balaban J connectivity index is 0.000000720. The highest BCUT2D eigenvalue weighted by Crippen LogP contribution is 2.20. The summed E-state index contributed by atoms with van der Waals surface area (Å²) in [4.78, 5) is 4.32. The van der Waals surface area contributed by atoms with Crippen molar-refractivity contribution in [1.29, 1.82) is 0 Å². The highest BCUT2D eigenvalue weighted by atomic mass is 79.9. The van der Waals surface area contributed by atoms with Crippen molar-refractivity contribution in [2.24, 2.45) is 5.73 Å². The molecule has 2 aromatic rings. The van der Waals surface area contributed by atoms with E-state index in [1.807, 2.05) is 18.2 Å². The van der Waals surface area contributed by atoms with Gasteiger partial charge in [-0.1, -0.05) is 12.1 Å². The van der Waals surface area contributed by atoms with Gasteiger partial charge in [0.1, 0.15) is 5.01 Å². The molecule has 0 unspecified atom stereocenters. The monoisotopic (exact) mass is 244 g/mol. The van der Waals surface area contributed by atoms with E-state index in [1.54, 1.807) is 11.3 Å². The molecule has 0 atom stereocenters. The van der Waals surface area contributed by atoms with Crippen molar-refractivity contribution in [1.82, 2.24) is 4.98 Å². The summed E-state index contributed by atoms with van der Waals surface area (Å²) in [6, 6.07) is 8.07. The van der Waals surface area contributed by atoms with Gasteiger partial charge in [0.15, 0.2) is 0 Å². The zero-order chi connectivity index (χ0) is 7.68. The van der Waals surface area contributed by atoms with Gasteiger partial charge in [0, 0.05) is 6.54 Å². The van der Waals surface area contributed by atoms with Gasteiger partial charge in [0.05, 0.1) is 10.2 Å². The van der Waals surface area contributed by atoms with Crippen molar-refractivity contribution in [3.8, 4) is 0 Å². The Hall–Kier alpha value is -0.450. The van der Waals surface area contributed by atoms with Crippen molar-refractivity contribution in [3.63, 3.8) is 0 Å². The molecule has 0 saturated carbocycles. The first-order valence-corrected chi connectivity index (χ1v) is 4.26.